The van der Waals surface area contributed by atoms with Gasteiger partial charge in [-0.15, -0.1) is 0 Å². The predicted octanol–water partition coefficient (Wildman–Crippen LogP) is 1.61. The summed E-state index contributed by atoms with van der Waals surface area (Å²) in [6.45, 7) is 0.225. The number of rotatable bonds is 0. The van der Waals surface area contributed by atoms with Crippen LogP contribution < -0.4 is 0 Å². The van der Waals surface area contributed by atoms with Crippen LogP contribution in [0.4, 0.5) is 0 Å². The van der Waals surface area contributed by atoms with E-state index >= 15 is 0 Å². The third-order valence-corrected chi connectivity index (χ3v) is 2.58. The first-order valence-corrected chi connectivity index (χ1v) is 4.38. The van der Waals surface area contributed by atoms with Gasteiger partial charge in [-0.3, -0.25) is 0 Å². The van der Waals surface area contributed by atoms with Crippen LogP contribution in [-0.4, -0.2) is 21.3 Å². The van der Waals surface area contributed by atoms with Crippen LogP contribution in [-0.2, 0) is 4.74 Å². The van der Waals surface area contributed by atoms with Gasteiger partial charge in [0.25, 0.3) is 0 Å². The molecular weight excluding hydrogens is 224 g/mol. The lowest BCUT2D eigenvalue weighted by atomic mass is 10.0. The van der Waals surface area contributed by atoms with E-state index in [2.05, 4.69) is 0 Å². The summed E-state index contributed by atoms with van der Waals surface area (Å²) in [7, 11) is 0. The lowest BCUT2D eigenvalue weighted by Gasteiger charge is -2.31. The largest absolute Gasteiger partial charge is 0.361 e. The van der Waals surface area contributed by atoms with Gasteiger partial charge in [0.15, 0.2) is 0 Å². The zero-order valence-corrected chi connectivity index (χ0v) is 8.20. The Morgan fingerprint density at radius 1 is 1.58 bits per heavy atom. The standard InChI is InChI=1S/C6H6Cl3NO2/c7-6(8,9)5(11)4(3-10)1-2-12-5/h4,11H,1-2H2. The molecule has 0 aromatic heterocycles. The van der Waals surface area contributed by atoms with Crippen LogP contribution in [0, 0.1) is 17.2 Å². The van der Waals surface area contributed by atoms with Gasteiger partial charge in [-0.2, -0.15) is 5.26 Å². The number of alkyl halides is 3. The van der Waals surface area contributed by atoms with Crippen molar-refractivity contribution in [3.05, 3.63) is 0 Å². The van der Waals surface area contributed by atoms with Crippen molar-refractivity contribution in [1.29, 1.82) is 5.26 Å². The Balaban J connectivity index is 2.91. The Morgan fingerprint density at radius 2 is 2.17 bits per heavy atom. The molecule has 0 amide bonds. The molecule has 0 bridgehead atoms. The van der Waals surface area contributed by atoms with Crippen LogP contribution in [0.3, 0.4) is 0 Å². The van der Waals surface area contributed by atoms with Crippen molar-refractivity contribution < 1.29 is 9.84 Å². The number of aliphatic hydroxyl groups is 1. The van der Waals surface area contributed by atoms with E-state index < -0.39 is 15.5 Å². The maximum atomic E-state index is 9.65. The van der Waals surface area contributed by atoms with Crippen molar-refractivity contribution in [2.75, 3.05) is 6.61 Å². The minimum Gasteiger partial charge on any atom is -0.361 e. The van der Waals surface area contributed by atoms with Crippen LogP contribution in [0.25, 0.3) is 0 Å². The quantitative estimate of drug-likeness (QED) is 0.643. The van der Waals surface area contributed by atoms with Gasteiger partial charge in [-0.25, -0.2) is 0 Å². The molecule has 1 aliphatic rings. The van der Waals surface area contributed by atoms with E-state index in [0.29, 0.717) is 6.42 Å². The molecule has 2 atom stereocenters. The van der Waals surface area contributed by atoms with Crippen LogP contribution in [0.15, 0.2) is 0 Å². The molecule has 3 nitrogen and oxygen atoms in total. The van der Waals surface area contributed by atoms with E-state index in [9.17, 15) is 5.11 Å². The third kappa shape index (κ3) is 1.50. The lowest BCUT2D eigenvalue weighted by molar-refractivity contribution is -0.181. The van der Waals surface area contributed by atoms with Gasteiger partial charge in [0.1, 0.15) is 5.92 Å². The summed E-state index contributed by atoms with van der Waals surface area (Å²) >= 11 is 16.4. The molecule has 1 aliphatic heterocycles. The zero-order valence-electron chi connectivity index (χ0n) is 5.93. The van der Waals surface area contributed by atoms with Crippen LogP contribution in [0.5, 0.6) is 0 Å². The molecule has 0 aliphatic carbocycles. The second kappa shape index (κ2) is 3.21. The van der Waals surface area contributed by atoms with Crippen LogP contribution in [0.1, 0.15) is 6.42 Å². The van der Waals surface area contributed by atoms with E-state index in [-0.39, 0.29) is 6.61 Å². The summed E-state index contributed by atoms with van der Waals surface area (Å²) in [5, 5.41) is 18.2. The highest BCUT2D eigenvalue weighted by Gasteiger charge is 2.57. The second-order valence-corrected chi connectivity index (χ2v) is 4.79. The van der Waals surface area contributed by atoms with E-state index in [0.717, 1.165) is 0 Å². The molecule has 1 N–H and O–H groups in total. The fourth-order valence-corrected chi connectivity index (χ4v) is 1.62. The number of hydrogen-bond acceptors (Lipinski definition) is 3. The summed E-state index contributed by atoms with van der Waals surface area (Å²) in [4.78, 5) is 0. The maximum Gasteiger partial charge on any atom is 0.245 e. The SMILES string of the molecule is N#CC1CCOC1(O)C(Cl)(Cl)Cl. The molecule has 1 rings (SSSR count). The number of ether oxygens (including phenoxy) is 1. The lowest BCUT2D eigenvalue weighted by Crippen LogP contribution is -2.47. The normalized spacial score (nSPS) is 36.4. The number of nitriles is 1. The van der Waals surface area contributed by atoms with Crippen molar-refractivity contribution in [3.8, 4) is 6.07 Å². The van der Waals surface area contributed by atoms with Crippen LogP contribution >= 0.6 is 34.8 Å². The van der Waals surface area contributed by atoms with Crippen LogP contribution in [0.2, 0.25) is 0 Å². The van der Waals surface area contributed by atoms with Gasteiger partial charge in [0, 0.05) is 0 Å². The Labute approximate surface area is 84.8 Å². The van der Waals surface area contributed by atoms with E-state index in [1.807, 2.05) is 6.07 Å². The molecule has 68 valence electrons. The highest BCUT2D eigenvalue weighted by atomic mass is 35.6. The molecule has 0 saturated carbocycles. The molecule has 0 spiro atoms. The molecule has 1 fully saturated rings. The molecule has 2 unspecified atom stereocenters. The monoisotopic (exact) mass is 229 g/mol. The Hall–Kier alpha value is 0.280. The number of hydrogen-bond donors (Lipinski definition) is 1. The minimum absolute atomic E-state index is 0.225. The maximum absolute atomic E-state index is 9.65. The number of halogens is 3. The van der Waals surface area contributed by atoms with Gasteiger partial charge >= 0.3 is 0 Å². The van der Waals surface area contributed by atoms with Gasteiger partial charge < -0.3 is 9.84 Å². The van der Waals surface area contributed by atoms with Gasteiger partial charge in [-0.1, -0.05) is 34.8 Å². The average Bonchev–Trinajstić information content (AvgIpc) is 2.30. The summed E-state index contributed by atoms with van der Waals surface area (Å²) in [5.74, 6) is -2.75. The van der Waals surface area contributed by atoms with Gasteiger partial charge in [0.2, 0.25) is 9.58 Å². The summed E-state index contributed by atoms with van der Waals surface area (Å²) in [5.41, 5.74) is 0. The molecular formula is C6H6Cl3NO2. The molecule has 0 radical (unpaired) electrons. The van der Waals surface area contributed by atoms with Crippen molar-refractivity contribution in [2.24, 2.45) is 5.92 Å². The zero-order chi connectivity index (χ0) is 9.41. The fourth-order valence-electron chi connectivity index (χ4n) is 1.06. The Morgan fingerprint density at radius 3 is 2.50 bits per heavy atom. The van der Waals surface area contributed by atoms with E-state index in [4.69, 9.17) is 44.8 Å². The highest BCUT2D eigenvalue weighted by molar-refractivity contribution is 6.68. The highest BCUT2D eigenvalue weighted by Crippen LogP contribution is 2.47. The minimum atomic E-state index is -1.98. The van der Waals surface area contributed by atoms with Gasteiger partial charge in [-0.05, 0) is 6.42 Å². The summed E-state index contributed by atoms with van der Waals surface area (Å²) in [6, 6.07) is 1.83. The van der Waals surface area contributed by atoms with Gasteiger partial charge in [0.05, 0.1) is 12.7 Å². The van der Waals surface area contributed by atoms with Crippen molar-refractivity contribution >= 4 is 34.8 Å². The first-order chi connectivity index (χ1) is 5.42. The summed E-state index contributed by atoms with van der Waals surface area (Å²) in [6.07, 6.45) is 0.376. The summed E-state index contributed by atoms with van der Waals surface area (Å²) < 4.78 is 2.86. The third-order valence-electron chi connectivity index (χ3n) is 1.76. The molecule has 0 aromatic carbocycles. The van der Waals surface area contributed by atoms with E-state index in [1.165, 1.54) is 0 Å². The first kappa shape index (κ1) is 10.4. The topological polar surface area (TPSA) is 53.2 Å². The van der Waals surface area contributed by atoms with Crippen molar-refractivity contribution in [3.63, 3.8) is 0 Å². The predicted molar refractivity (Wildman–Crippen MR) is 44.9 cm³/mol. The Kier molecular flexibility index (Phi) is 2.77. The number of nitrogens with zero attached hydrogens (tertiary/aromatic N) is 1. The van der Waals surface area contributed by atoms with Crippen molar-refractivity contribution in [1.82, 2.24) is 0 Å². The fraction of sp³-hybridized carbons (Fsp3) is 0.833. The molecule has 0 aromatic rings. The first-order valence-electron chi connectivity index (χ1n) is 3.24. The molecule has 12 heavy (non-hydrogen) atoms. The van der Waals surface area contributed by atoms with Crippen molar-refractivity contribution in [2.45, 2.75) is 16.0 Å². The Bertz CT molecular complexity index is 222. The molecule has 1 saturated heterocycles. The average molecular weight is 230 g/mol. The molecule has 6 heteroatoms. The van der Waals surface area contributed by atoms with E-state index in [1.54, 1.807) is 0 Å². The second-order valence-electron chi connectivity index (χ2n) is 2.51. The smallest absolute Gasteiger partial charge is 0.245 e. The molecule has 1 heterocycles.